The van der Waals surface area contributed by atoms with E-state index in [2.05, 4.69) is 22.3 Å². The van der Waals surface area contributed by atoms with E-state index in [0.29, 0.717) is 30.9 Å². The van der Waals surface area contributed by atoms with E-state index in [0.717, 1.165) is 0 Å². The van der Waals surface area contributed by atoms with Gasteiger partial charge in [-0.1, -0.05) is 30.3 Å². The minimum atomic E-state index is -0.435. The van der Waals surface area contributed by atoms with Crippen molar-refractivity contribution >= 4 is 18.3 Å². The zero-order valence-electron chi connectivity index (χ0n) is 14.4. The SMILES string of the molecule is Cc1n[nH]c(=O)c(C(=O)N2C[C@@H](CN)[C@H](c3ccccc3)C2)c1C.Cl. The average molecular weight is 363 g/mol. The Hall–Kier alpha value is -2.18. The maximum absolute atomic E-state index is 12.9. The monoisotopic (exact) mass is 362 g/mol. The van der Waals surface area contributed by atoms with Crippen LogP contribution in [0.3, 0.4) is 0 Å². The quantitative estimate of drug-likeness (QED) is 0.867. The highest BCUT2D eigenvalue weighted by Crippen LogP contribution is 2.32. The van der Waals surface area contributed by atoms with Crippen molar-refractivity contribution in [2.24, 2.45) is 11.7 Å². The second kappa shape index (κ2) is 7.80. The van der Waals surface area contributed by atoms with Crippen molar-refractivity contribution < 1.29 is 4.79 Å². The first-order chi connectivity index (χ1) is 11.5. The van der Waals surface area contributed by atoms with Crippen molar-refractivity contribution in [1.82, 2.24) is 15.1 Å². The number of carbonyl (C=O) groups is 1. The average Bonchev–Trinajstić information content (AvgIpc) is 3.03. The Bertz CT molecular complexity index is 806. The lowest BCUT2D eigenvalue weighted by Crippen LogP contribution is -2.35. The molecule has 1 aliphatic rings. The Kier molecular flexibility index (Phi) is 5.98. The molecule has 0 radical (unpaired) electrons. The summed E-state index contributed by atoms with van der Waals surface area (Å²) in [4.78, 5) is 26.8. The van der Waals surface area contributed by atoms with Gasteiger partial charge in [0.1, 0.15) is 5.56 Å². The standard InChI is InChI=1S/C18H22N4O2.ClH/c1-11-12(2)20-21-17(23)16(11)18(24)22-9-14(8-19)15(10-22)13-6-4-3-5-7-13;/h3-7,14-15H,8-10,19H2,1-2H3,(H,21,23);1H/t14-,15+;/m1./s1. The summed E-state index contributed by atoms with van der Waals surface area (Å²) in [6.45, 7) is 5.19. The van der Waals surface area contributed by atoms with Crippen LogP contribution >= 0.6 is 12.4 Å². The van der Waals surface area contributed by atoms with Crippen LogP contribution in [0, 0.1) is 19.8 Å². The number of nitrogens with one attached hydrogen (secondary N) is 1. The number of likely N-dealkylation sites (tertiary alicyclic amines) is 1. The molecule has 25 heavy (non-hydrogen) atoms. The number of carbonyl (C=O) groups excluding carboxylic acids is 1. The van der Waals surface area contributed by atoms with Gasteiger partial charge in [0.05, 0.1) is 5.69 Å². The van der Waals surface area contributed by atoms with E-state index in [1.54, 1.807) is 18.7 Å². The highest BCUT2D eigenvalue weighted by molar-refractivity contribution is 5.95. The first kappa shape index (κ1) is 19.1. The maximum Gasteiger partial charge on any atom is 0.277 e. The number of aryl methyl sites for hydroxylation is 1. The highest BCUT2D eigenvalue weighted by Gasteiger charge is 2.36. The summed E-state index contributed by atoms with van der Waals surface area (Å²) in [7, 11) is 0. The lowest BCUT2D eigenvalue weighted by atomic mass is 9.89. The van der Waals surface area contributed by atoms with E-state index >= 15 is 0 Å². The second-order valence-electron chi connectivity index (χ2n) is 6.36. The number of aromatic amines is 1. The minimum Gasteiger partial charge on any atom is -0.337 e. The number of rotatable bonds is 3. The van der Waals surface area contributed by atoms with Crippen LogP contribution in [0.4, 0.5) is 0 Å². The normalized spacial score (nSPS) is 19.6. The minimum absolute atomic E-state index is 0. The van der Waals surface area contributed by atoms with E-state index in [4.69, 9.17) is 5.73 Å². The Morgan fingerprint density at radius 1 is 1.28 bits per heavy atom. The van der Waals surface area contributed by atoms with Gasteiger partial charge in [-0.15, -0.1) is 12.4 Å². The van der Waals surface area contributed by atoms with Crippen LogP contribution in [0.5, 0.6) is 0 Å². The predicted molar refractivity (Wildman–Crippen MR) is 99.2 cm³/mol. The van der Waals surface area contributed by atoms with Gasteiger partial charge in [0.2, 0.25) is 0 Å². The molecule has 0 aliphatic carbocycles. The van der Waals surface area contributed by atoms with E-state index in [1.807, 2.05) is 18.2 Å². The number of nitrogens with zero attached hydrogens (tertiary/aromatic N) is 2. The van der Waals surface area contributed by atoms with Crippen molar-refractivity contribution in [3.63, 3.8) is 0 Å². The molecular weight excluding hydrogens is 340 g/mol. The number of amides is 1. The molecule has 134 valence electrons. The summed E-state index contributed by atoms with van der Waals surface area (Å²) in [5, 5.41) is 6.32. The lowest BCUT2D eigenvalue weighted by Gasteiger charge is -2.17. The van der Waals surface area contributed by atoms with Gasteiger partial charge in [-0.3, -0.25) is 9.59 Å². The summed E-state index contributed by atoms with van der Waals surface area (Å²) < 4.78 is 0. The number of hydrogen-bond donors (Lipinski definition) is 2. The number of aromatic nitrogens is 2. The molecule has 1 saturated heterocycles. The fourth-order valence-corrected chi connectivity index (χ4v) is 3.40. The maximum atomic E-state index is 12.9. The highest BCUT2D eigenvalue weighted by atomic mass is 35.5. The van der Waals surface area contributed by atoms with Gasteiger partial charge in [0, 0.05) is 19.0 Å². The van der Waals surface area contributed by atoms with Crippen LogP contribution < -0.4 is 11.3 Å². The van der Waals surface area contributed by atoms with Crippen molar-refractivity contribution in [2.45, 2.75) is 19.8 Å². The molecule has 2 aromatic rings. The van der Waals surface area contributed by atoms with Gasteiger partial charge in [-0.25, -0.2) is 5.10 Å². The topological polar surface area (TPSA) is 92.1 Å². The van der Waals surface area contributed by atoms with E-state index in [-0.39, 0.29) is 35.7 Å². The van der Waals surface area contributed by atoms with Crippen LogP contribution in [0.15, 0.2) is 35.1 Å². The Morgan fingerprint density at radius 2 is 1.96 bits per heavy atom. The molecule has 3 N–H and O–H groups in total. The van der Waals surface area contributed by atoms with Crippen molar-refractivity contribution in [3.05, 3.63) is 63.1 Å². The predicted octanol–water partition coefficient (Wildman–Crippen LogP) is 1.62. The number of benzene rings is 1. The fraction of sp³-hybridized carbons (Fsp3) is 0.389. The molecule has 0 bridgehead atoms. The van der Waals surface area contributed by atoms with Crippen molar-refractivity contribution in [1.29, 1.82) is 0 Å². The molecule has 0 unspecified atom stereocenters. The van der Waals surface area contributed by atoms with Crippen molar-refractivity contribution in [3.8, 4) is 0 Å². The summed E-state index contributed by atoms with van der Waals surface area (Å²) >= 11 is 0. The summed E-state index contributed by atoms with van der Waals surface area (Å²) in [6.07, 6.45) is 0. The summed E-state index contributed by atoms with van der Waals surface area (Å²) in [6, 6.07) is 10.1. The van der Waals surface area contributed by atoms with Crippen molar-refractivity contribution in [2.75, 3.05) is 19.6 Å². The molecule has 0 saturated carbocycles. The van der Waals surface area contributed by atoms with Gasteiger partial charge in [-0.05, 0) is 37.4 Å². The molecule has 3 rings (SSSR count). The molecule has 7 heteroatoms. The molecule has 1 aliphatic heterocycles. The molecule has 6 nitrogen and oxygen atoms in total. The van der Waals surface area contributed by atoms with E-state index in [1.165, 1.54) is 5.56 Å². The third-order valence-corrected chi connectivity index (χ3v) is 4.94. The lowest BCUT2D eigenvalue weighted by molar-refractivity contribution is 0.0783. The molecule has 1 amide bonds. The van der Waals surface area contributed by atoms with Crippen LogP contribution in [0.1, 0.15) is 33.1 Å². The molecule has 0 spiro atoms. The first-order valence-corrected chi connectivity index (χ1v) is 8.13. The van der Waals surface area contributed by atoms with Crippen LogP contribution in [-0.4, -0.2) is 40.6 Å². The van der Waals surface area contributed by atoms with E-state index in [9.17, 15) is 9.59 Å². The van der Waals surface area contributed by atoms with Crippen LogP contribution in [0.25, 0.3) is 0 Å². The smallest absolute Gasteiger partial charge is 0.277 e. The first-order valence-electron chi connectivity index (χ1n) is 8.13. The second-order valence-corrected chi connectivity index (χ2v) is 6.36. The molecule has 2 heterocycles. The fourth-order valence-electron chi connectivity index (χ4n) is 3.40. The van der Waals surface area contributed by atoms with Crippen LogP contribution in [0.2, 0.25) is 0 Å². The zero-order chi connectivity index (χ0) is 17.3. The van der Waals surface area contributed by atoms with Crippen LogP contribution in [-0.2, 0) is 0 Å². The largest absolute Gasteiger partial charge is 0.337 e. The van der Waals surface area contributed by atoms with Gasteiger partial charge >= 0.3 is 0 Å². The Morgan fingerprint density at radius 3 is 2.60 bits per heavy atom. The van der Waals surface area contributed by atoms with E-state index < -0.39 is 5.56 Å². The number of H-pyrrole nitrogens is 1. The van der Waals surface area contributed by atoms with Gasteiger partial charge in [0.25, 0.3) is 11.5 Å². The number of hydrogen-bond acceptors (Lipinski definition) is 4. The number of halogens is 1. The Balaban J connectivity index is 0.00000225. The van der Waals surface area contributed by atoms with Gasteiger partial charge in [-0.2, -0.15) is 5.10 Å². The third-order valence-electron chi connectivity index (χ3n) is 4.94. The van der Waals surface area contributed by atoms with Gasteiger partial charge < -0.3 is 10.6 Å². The molecule has 1 aromatic heterocycles. The molecular formula is C18H23ClN4O2. The molecule has 1 aromatic carbocycles. The number of nitrogens with two attached hydrogens (primary N) is 1. The Labute approximate surface area is 152 Å². The zero-order valence-corrected chi connectivity index (χ0v) is 15.2. The summed E-state index contributed by atoms with van der Waals surface area (Å²) in [5.41, 5.74) is 8.16. The molecule has 2 atom stereocenters. The molecule has 1 fully saturated rings. The van der Waals surface area contributed by atoms with Gasteiger partial charge in [0.15, 0.2) is 0 Å². The third kappa shape index (κ3) is 3.60. The summed E-state index contributed by atoms with van der Waals surface area (Å²) in [5.74, 6) is 0.150.